The fourth-order valence-electron chi connectivity index (χ4n) is 2.89. The molecule has 0 saturated heterocycles. The number of nitrogens with zero attached hydrogens (tertiary/aromatic N) is 6. The van der Waals surface area contributed by atoms with Gasteiger partial charge in [-0.1, -0.05) is 0 Å². The standard InChI is InChI=1S/C16H22N6O4/c1-20(9-15(25)26)16-17-5-11(6-18-16)7-21-2-3-22-12(8-21)4-13(19-22)14(24)10-23/h4-6,14,23-24H,2-3,7-10H2,1H3,(H,25,26). The Morgan fingerprint density at radius 2 is 2.08 bits per heavy atom. The van der Waals surface area contributed by atoms with Gasteiger partial charge in [0.05, 0.1) is 24.5 Å². The Morgan fingerprint density at radius 1 is 1.35 bits per heavy atom. The second-order valence-electron chi connectivity index (χ2n) is 6.33. The molecule has 0 bridgehead atoms. The SMILES string of the molecule is CN(CC(=O)O)c1ncc(CN2CCn3nc(C(O)CO)cc3C2)cn1. The fourth-order valence-corrected chi connectivity index (χ4v) is 2.89. The highest BCUT2D eigenvalue weighted by Crippen LogP contribution is 2.19. The largest absolute Gasteiger partial charge is 0.480 e. The Bertz CT molecular complexity index is 763. The van der Waals surface area contributed by atoms with Gasteiger partial charge in [0.1, 0.15) is 12.6 Å². The lowest BCUT2D eigenvalue weighted by atomic mass is 10.2. The van der Waals surface area contributed by atoms with E-state index in [0.29, 0.717) is 31.3 Å². The van der Waals surface area contributed by atoms with Gasteiger partial charge in [0.25, 0.3) is 0 Å². The minimum Gasteiger partial charge on any atom is -0.480 e. The molecule has 140 valence electrons. The van der Waals surface area contributed by atoms with E-state index in [0.717, 1.165) is 17.8 Å². The maximum absolute atomic E-state index is 10.7. The van der Waals surface area contributed by atoms with Crippen LogP contribution in [-0.2, 0) is 24.4 Å². The average Bonchev–Trinajstić information content (AvgIpc) is 3.04. The summed E-state index contributed by atoms with van der Waals surface area (Å²) in [5.74, 6) is -0.564. The number of fused-ring (bicyclic) bond motifs is 1. The third-order valence-electron chi connectivity index (χ3n) is 4.22. The van der Waals surface area contributed by atoms with Crippen molar-refractivity contribution in [2.75, 3.05) is 31.6 Å². The van der Waals surface area contributed by atoms with Crippen molar-refractivity contribution in [3.8, 4) is 0 Å². The van der Waals surface area contributed by atoms with Gasteiger partial charge in [0.2, 0.25) is 5.95 Å². The van der Waals surface area contributed by atoms with Gasteiger partial charge in [0.15, 0.2) is 0 Å². The van der Waals surface area contributed by atoms with Gasteiger partial charge in [-0.25, -0.2) is 9.97 Å². The van der Waals surface area contributed by atoms with Gasteiger partial charge in [-0.2, -0.15) is 5.10 Å². The topological polar surface area (TPSA) is 128 Å². The number of likely N-dealkylation sites (N-methyl/N-ethyl adjacent to an activating group) is 1. The Hall–Kier alpha value is -2.56. The number of anilines is 1. The quantitative estimate of drug-likeness (QED) is 0.582. The van der Waals surface area contributed by atoms with Crippen LogP contribution in [0.1, 0.15) is 23.1 Å². The van der Waals surface area contributed by atoms with Gasteiger partial charge in [-0.3, -0.25) is 14.4 Å². The zero-order valence-corrected chi connectivity index (χ0v) is 14.5. The molecule has 1 aliphatic rings. The van der Waals surface area contributed by atoms with E-state index in [-0.39, 0.29) is 13.2 Å². The predicted molar refractivity (Wildman–Crippen MR) is 91.3 cm³/mol. The van der Waals surface area contributed by atoms with Crippen LogP contribution in [0.4, 0.5) is 5.95 Å². The molecular formula is C16H22N6O4. The summed E-state index contributed by atoms with van der Waals surface area (Å²) in [6.45, 7) is 2.33. The maximum atomic E-state index is 10.7. The van der Waals surface area contributed by atoms with Crippen molar-refractivity contribution < 1.29 is 20.1 Å². The lowest BCUT2D eigenvalue weighted by Gasteiger charge is -2.27. The minimum absolute atomic E-state index is 0.155. The molecule has 10 heteroatoms. The van der Waals surface area contributed by atoms with Crippen LogP contribution in [0.2, 0.25) is 0 Å². The molecule has 10 nitrogen and oxygen atoms in total. The van der Waals surface area contributed by atoms with Crippen molar-refractivity contribution in [2.24, 2.45) is 0 Å². The fraction of sp³-hybridized carbons (Fsp3) is 0.500. The molecule has 2 aromatic rings. The zero-order valence-electron chi connectivity index (χ0n) is 14.5. The lowest BCUT2D eigenvalue weighted by molar-refractivity contribution is -0.135. The number of carboxylic acid groups (broad SMARTS) is 1. The van der Waals surface area contributed by atoms with E-state index in [1.807, 2.05) is 10.7 Å². The van der Waals surface area contributed by atoms with E-state index < -0.39 is 12.1 Å². The summed E-state index contributed by atoms with van der Waals surface area (Å²) in [6.07, 6.45) is 2.45. The molecule has 0 saturated carbocycles. The summed E-state index contributed by atoms with van der Waals surface area (Å²) < 4.78 is 1.85. The summed E-state index contributed by atoms with van der Waals surface area (Å²) in [5.41, 5.74) is 2.40. The number of carboxylic acids is 1. The highest BCUT2D eigenvalue weighted by Gasteiger charge is 2.21. The van der Waals surface area contributed by atoms with Crippen LogP contribution in [0.3, 0.4) is 0 Å². The van der Waals surface area contributed by atoms with Gasteiger partial charge in [0, 0.05) is 44.6 Å². The van der Waals surface area contributed by atoms with Crippen LogP contribution < -0.4 is 4.90 Å². The lowest BCUT2D eigenvalue weighted by Crippen LogP contribution is -2.33. The number of aliphatic hydroxyl groups is 2. The van der Waals surface area contributed by atoms with Crippen LogP contribution in [0.5, 0.6) is 0 Å². The van der Waals surface area contributed by atoms with Crippen LogP contribution in [0.25, 0.3) is 0 Å². The number of aliphatic hydroxyl groups excluding tert-OH is 2. The molecule has 0 aromatic carbocycles. The van der Waals surface area contributed by atoms with Crippen molar-refractivity contribution in [1.82, 2.24) is 24.6 Å². The maximum Gasteiger partial charge on any atom is 0.323 e. The summed E-state index contributed by atoms with van der Waals surface area (Å²) in [6, 6.07) is 1.81. The Labute approximate surface area is 150 Å². The van der Waals surface area contributed by atoms with Gasteiger partial charge >= 0.3 is 5.97 Å². The second kappa shape index (κ2) is 7.77. The number of hydrogen-bond acceptors (Lipinski definition) is 8. The molecule has 3 N–H and O–H groups in total. The van der Waals surface area contributed by atoms with Crippen molar-refractivity contribution in [3.05, 3.63) is 35.4 Å². The summed E-state index contributed by atoms with van der Waals surface area (Å²) in [4.78, 5) is 22.9. The van der Waals surface area contributed by atoms with E-state index >= 15 is 0 Å². The first-order valence-corrected chi connectivity index (χ1v) is 8.28. The van der Waals surface area contributed by atoms with Crippen LogP contribution in [0.15, 0.2) is 18.5 Å². The van der Waals surface area contributed by atoms with E-state index in [1.165, 1.54) is 4.90 Å². The van der Waals surface area contributed by atoms with E-state index in [1.54, 1.807) is 19.4 Å². The normalized spacial score (nSPS) is 15.5. The predicted octanol–water partition coefficient (Wildman–Crippen LogP) is -0.765. The molecule has 0 radical (unpaired) electrons. The number of aliphatic carboxylic acids is 1. The van der Waals surface area contributed by atoms with Crippen molar-refractivity contribution in [3.63, 3.8) is 0 Å². The van der Waals surface area contributed by atoms with Crippen molar-refractivity contribution in [2.45, 2.75) is 25.7 Å². The first kappa shape index (κ1) is 18.2. The number of aromatic nitrogens is 4. The van der Waals surface area contributed by atoms with E-state index in [2.05, 4.69) is 20.0 Å². The summed E-state index contributed by atoms with van der Waals surface area (Å²) >= 11 is 0. The highest BCUT2D eigenvalue weighted by molar-refractivity contribution is 5.72. The first-order valence-electron chi connectivity index (χ1n) is 8.28. The molecule has 0 fully saturated rings. The number of hydrogen-bond donors (Lipinski definition) is 3. The molecule has 1 aliphatic heterocycles. The number of carbonyl (C=O) groups is 1. The van der Waals surface area contributed by atoms with Crippen LogP contribution in [0, 0.1) is 0 Å². The third-order valence-corrected chi connectivity index (χ3v) is 4.22. The van der Waals surface area contributed by atoms with Crippen LogP contribution >= 0.6 is 0 Å². The second-order valence-corrected chi connectivity index (χ2v) is 6.33. The molecular weight excluding hydrogens is 340 g/mol. The molecule has 0 spiro atoms. The highest BCUT2D eigenvalue weighted by atomic mass is 16.4. The van der Waals surface area contributed by atoms with Gasteiger partial charge < -0.3 is 20.2 Å². The number of rotatable bonds is 7. The molecule has 0 aliphatic carbocycles. The van der Waals surface area contributed by atoms with Crippen LogP contribution in [-0.4, -0.2) is 72.7 Å². The summed E-state index contributed by atoms with van der Waals surface area (Å²) in [5, 5.41) is 31.9. The summed E-state index contributed by atoms with van der Waals surface area (Å²) in [7, 11) is 1.63. The van der Waals surface area contributed by atoms with Gasteiger partial charge in [-0.05, 0) is 6.07 Å². The molecule has 26 heavy (non-hydrogen) atoms. The molecule has 3 heterocycles. The first-order chi connectivity index (χ1) is 12.5. The monoisotopic (exact) mass is 362 g/mol. The molecule has 0 amide bonds. The zero-order chi connectivity index (χ0) is 18.7. The Morgan fingerprint density at radius 3 is 2.73 bits per heavy atom. The van der Waals surface area contributed by atoms with E-state index in [9.17, 15) is 9.90 Å². The molecule has 1 atom stereocenters. The van der Waals surface area contributed by atoms with Crippen molar-refractivity contribution >= 4 is 11.9 Å². The van der Waals surface area contributed by atoms with Crippen molar-refractivity contribution in [1.29, 1.82) is 0 Å². The van der Waals surface area contributed by atoms with Gasteiger partial charge in [-0.15, -0.1) is 0 Å². The Kier molecular flexibility index (Phi) is 5.45. The van der Waals surface area contributed by atoms with E-state index in [4.69, 9.17) is 10.2 Å². The average molecular weight is 362 g/mol. The minimum atomic E-state index is -0.953. The molecule has 3 rings (SSSR count). The smallest absolute Gasteiger partial charge is 0.323 e. The molecule has 1 unspecified atom stereocenters. The third kappa shape index (κ3) is 4.15. The molecule has 2 aromatic heterocycles. The Balaban J connectivity index is 1.61.